The van der Waals surface area contributed by atoms with Gasteiger partial charge in [-0.15, -0.1) is 11.3 Å². The molecule has 6 heteroatoms. The van der Waals surface area contributed by atoms with E-state index in [1.807, 2.05) is 17.5 Å². The molecule has 0 N–H and O–H groups in total. The minimum absolute atomic E-state index is 0.0123. The molecule has 110 valence electrons. The van der Waals surface area contributed by atoms with E-state index < -0.39 is 11.6 Å². The van der Waals surface area contributed by atoms with Crippen LogP contribution in [-0.2, 0) is 0 Å². The zero-order valence-electron chi connectivity index (χ0n) is 11.0. The van der Waals surface area contributed by atoms with Crippen molar-refractivity contribution in [2.24, 2.45) is 0 Å². The van der Waals surface area contributed by atoms with E-state index in [4.69, 9.17) is 11.6 Å². The van der Waals surface area contributed by atoms with Gasteiger partial charge in [0.15, 0.2) is 11.6 Å². The van der Waals surface area contributed by atoms with Gasteiger partial charge in [0.25, 0.3) is 5.91 Å². The molecular weight excluding hydrogens is 316 g/mol. The smallest absolute Gasteiger partial charge is 0.256 e. The van der Waals surface area contributed by atoms with Crippen molar-refractivity contribution in [1.82, 2.24) is 4.90 Å². The Balaban J connectivity index is 1.93. The SMILES string of the molecule is O=C(c1cc(F)c(F)cc1Cl)N1CCCC1c1cccs1. The largest absolute Gasteiger partial charge is 0.331 e. The molecule has 2 nitrogen and oxygen atoms in total. The highest BCUT2D eigenvalue weighted by Gasteiger charge is 2.32. The molecule has 1 aliphatic heterocycles. The average Bonchev–Trinajstić information content (AvgIpc) is 3.11. The molecule has 1 unspecified atom stereocenters. The summed E-state index contributed by atoms with van der Waals surface area (Å²) in [5, 5.41) is 1.90. The van der Waals surface area contributed by atoms with Crippen LogP contribution in [0.25, 0.3) is 0 Å². The number of carbonyl (C=O) groups is 1. The Kier molecular flexibility index (Phi) is 3.95. The van der Waals surface area contributed by atoms with Crippen LogP contribution >= 0.6 is 22.9 Å². The van der Waals surface area contributed by atoms with Gasteiger partial charge in [-0.2, -0.15) is 0 Å². The number of hydrogen-bond donors (Lipinski definition) is 0. The first-order valence-corrected chi connectivity index (χ1v) is 7.82. The molecule has 0 saturated carbocycles. The van der Waals surface area contributed by atoms with Gasteiger partial charge < -0.3 is 4.90 Å². The monoisotopic (exact) mass is 327 g/mol. The van der Waals surface area contributed by atoms with Gasteiger partial charge in [-0.3, -0.25) is 4.79 Å². The van der Waals surface area contributed by atoms with Gasteiger partial charge in [-0.05, 0) is 36.4 Å². The van der Waals surface area contributed by atoms with Gasteiger partial charge in [0.2, 0.25) is 0 Å². The quantitative estimate of drug-likeness (QED) is 0.735. The molecule has 1 aromatic heterocycles. The van der Waals surface area contributed by atoms with E-state index in [1.54, 1.807) is 16.2 Å². The standard InChI is InChI=1S/C15H12ClF2NOS/c16-10-8-12(18)11(17)7-9(10)15(20)19-5-1-3-13(19)14-4-2-6-21-14/h2,4,6-8,13H,1,3,5H2. The van der Waals surface area contributed by atoms with Crippen LogP contribution in [-0.4, -0.2) is 17.4 Å². The highest BCUT2D eigenvalue weighted by atomic mass is 35.5. The summed E-state index contributed by atoms with van der Waals surface area (Å²) in [5.41, 5.74) is 0.0130. The molecule has 0 aliphatic carbocycles. The second-order valence-corrected chi connectivity index (χ2v) is 6.30. The molecule has 1 atom stereocenters. The molecule has 21 heavy (non-hydrogen) atoms. The Hall–Kier alpha value is -1.46. The Morgan fingerprint density at radius 1 is 1.33 bits per heavy atom. The van der Waals surface area contributed by atoms with Crippen LogP contribution in [0, 0.1) is 11.6 Å². The van der Waals surface area contributed by atoms with Crippen molar-refractivity contribution in [1.29, 1.82) is 0 Å². The van der Waals surface area contributed by atoms with Crippen molar-refractivity contribution in [2.45, 2.75) is 18.9 Å². The summed E-state index contributed by atoms with van der Waals surface area (Å²) in [6, 6.07) is 5.63. The van der Waals surface area contributed by atoms with Crippen LogP contribution in [0.15, 0.2) is 29.6 Å². The third-order valence-electron chi connectivity index (χ3n) is 3.63. The number of thiophene rings is 1. The maximum atomic E-state index is 13.4. The number of nitrogens with zero attached hydrogens (tertiary/aromatic N) is 1. The van der Waals surface area contributed by atoms with E-state index in [9.17, 15) is 13.6 Å². The summed E-state index contributed by atoms with van der Waals surface area (Å²) >= 11 is 7.48. The molecular formula is C15H12ClF2NOS. The number of likely N-dealkylation sites (tertiary alicyclic amines) is 1. The van der Waals surface area contributed by atoms with E-state index >= 15 is 0 Å². The molecule has 1 saturated heterocycles. The minimum atomic E-state index is -1.06. The second kappa shape index (κ2) is 5.73. The molecule has 3 rings (SSSR count). The Labute approximate surface area is 130 Å². The number of carbonyl (C=O) groups excluding carboxylic acids is 1. The van der Waals surface area contributed by atoms with Crippen molar-refractivity contribution < 1.29 is 13.6 Å². The highest BCUT2D eigenvalue weighted by molar-refractivity contribution is 7.10. The van der Waals surface area contributed by atoms with E-state index in [2.05, 4.69) is 0 Å². The summed E-state index contributed by atoms with van der Waals surface area (Å²) in [7, 11) is 0. The molecule has 0 spiro atoms. The van der Waals surface area contributed by atoms with Crippen LogP contribution in [0.1, 0.15) is 34.1 Å². The maximum Gasteiger partial charge on any atom is 0.256 e. The molecule has 1 aromatic carbocycles. The lowest BCUT2D eigenvalue weighted by Gasteiger charge is -2.24. The summed E-state index contributed by atoms with van der Waals surface area (Å²) < 4.78 is 26.5. The summed E-state index contributed by atoms with van der Waals surface area (Å²) in [6.07, 6.45) is 1.75. The van der Waals surface area contributed by atoms with Crippen molar-refractivity contribution in [2.75, 3.05) is 6.54 Å². The molecule has 1 amide bonds. The predicted molar refractivity (Wildman–Crippen MR) is 78.7 cm³/mol. The predicted octanol–water partition coefficient (Wildman–Crippen LogP) is 4.66. The fraction of sp³-hybridized carbons (Fsp3) is 0.267. The van der Waals surface area contributed by atoms with E-state index in [-0.39, 0.29) is 22.5 Å². The summed E-state index contributed by atoms with van der Waals surface area (Å²) in [4.78, 5) is 15.4. The maximum absolute atomic E-state index is 13.4. The zero-order chi connectivity index (χ0) is 15.0. The number of halogens is 3. The van der Waals surface area contributed by atoms with E-state index in [1.165, 1.54) is 0 Å². The molecule has 2 aromatic rings. The van der Waals surface area contributed by atoms with Crippen molar-refractivity contribution in [3.63, 3.8) is 0 Å². The lowest BCUT2D eigenvalue weighted by Crippen LogP contribution is -2.30. The normalized spacial score (nSPS) is 18.2. The first-order chi connectivity index (χ1) is 10.1. The molecule has 0 bridgehead atoms. The topological polar surface area (TPSA) is 20.3 Å². The van der Waals surface area contributed by atoms with Gasteiger partial charge in [-0.1, -0.05) is 17.7 Å². The fourth-order valence-corrected chi connectivity index (χ4v) is 3.73. The Bertz CT molecular complexity index is 675. The van der Waals surface area contributed by atoms with Crippen molar-refractivity contribution in [3.05, 3.63) is 56.7 Å². The van der Waals surface area contributed by atoms with Gasteiger partial charge in [-0.25, -0.2) is 8.78 Å². The number of benzene rings is 1. The fourth-order valence-electron chi connectivity index (χ4n) is 2.63. The highest BCUT2D eigenvalue weighted by Crippen LogP contribution is 2.36. The van der Waals surface area contributed by atoms with Crippen molar-refractivity contribution in [3.8, 4) is 0 Å². The van der Waals surface area contributed by atoms with Crippen LogP contribution in [0.2, 0.25) is 5.02 Å². The van der Waals surface area contributed by atoms with Crippen LogP contribution in [0.3, 0.4) is 0 Å². The minimum Gasteiger partial charge on any atom is -0.331 e. The number of amides is 1. The van der Waals surface area contributed by atoms with Crippen LogP contribution in [0.5, 0.6) is 0 Å². The van der Waals surface area contributed by atoms with Crippen LogP contribution in [0.4, 0.5) is 8.78 Å². The molecule has 1 aliphatic rings. The Morgan fingerprint density at radius 2 is 2.10 bits per heavy atom. The Morgan fingerprint density at radius 3 is 2.81 bits per heavy atom. The van der Waals surface area contributed by atoms with E-state index in [0.29, 0.717) is 6.54 Å². The summed E-state index contributed by atoms with van der Waals surface area (Å²) in [6.45, 7) is 0.594. The van der Waals surface area contributed by atoms with Gasteiger partial charge in [0.1, 0.15) is 0 Å². The average molecular weight is 328 g/mol. The number of rotatable bonds is 2. The first kappa shape index (κ1) is 14.5. The van der Waals surface area contributed by atoms with Crippen LogP contribution < -0.4 is 0 Å². The van der Waals surface area contributed by atoms with E-state index in [0.717, 1.165) is 29.9 Å². The third kappa shape index (κ3) is 2.68. The van der Waals surface area contributed by atoms with Gasteiger partial charge in [0.05, 0.1) is 16.6 Å². The van der Waals surface area contributed by atoms with Gasteiger partial charge >= 0.3 is 0 Å². The summed E-state index contributed by atoms with van der Waals surface area (Å²) in [5.74, 6) is -2.46. The molecule has 1 fully saturated rings. The van der Waals surface area contributed by atoms with Gasteiger partial charge in [0, 0.05) is 11.4 Å². The lowest BCUT2D eigenvalue weighted by molar-refractivity contribution is 0.0737. The number of hydrogen-bond acceptors (Lipinski definition) is 2. The second-order valence-electron chi connectivity index (χ2n) is 4.92. The zero-order valence-corrected chi connectivity index (χ0v) is 12.6. The molecule has 0 radical (unpaired) electrons. The van der Waals surface area contributed by atoms with Crippen molar-refractivity contribution >= 4 is 28.8 Å². The first-order valence-electron chi connectivity index (χ1n) is 6.57. The lowest BCUT2D eigenvalue weighted by atomic mass is 10.1. The molecule has 2 heterocycles. The third-order valence-corrected chi connectivity index (χ3v) is 4.91.